The number of amides is 1. The molecule has 0 bridgehead atoms. The summed E-state index contributed by atoms with van der Waals surface area (Å²) in [6, 6.07) is 8.54. The van der Waals surface area contributed by atoms with Gasteiger partial charge in [-0.15, -0.1) is 0 Å². The highest BCUT2D eigenvalue weighted by Crippen LogP contribution is 2.27. The molecule has 1 aromatic carbocycles. The van der Waals surface area contributed by atoms with Crippen LogP contribution < -0.4 is 10.6 Å². The SMILES string of the molecule is Cc1ccccc1N1CCN(C(=O)C2CCCC2N)CC1. The van der Waals surface area contributed by atoms with Crippen molar-refractivity contribution in [2.75, 3.05) is 31.1 Å². The number of benzene rings is 1. The number of carbonyl (C=O) groups is 1. The molecule has 2 unspecified atom stereocenters. The minimum atomic E-state index is 0.0648. The van der Waals surface area contributed by atoms with Crippen LogP contribution in [0.15, 0.2) is 24.3 Å². The minimum Gasteiger partial charge on any atom is -0.368 e. The zero-order chi connectivity index (χ0) is 14.8. The van der Waals surface area contributed by atoms with E-state index in [-0.39, 0.29) is 17.9 Å². The van der Waals surface area contributed by atoms with Gasteiger partial charge >= 0.3 is 0 Å². The van der Waals surface area contributed by atoms with Crippen LogP contribution in [0, 0.1) is 12.8 Å². The van der Waals surface area contributed by atoms with Gasteiger partial charge in [0.15, 0.2) is 0 Å². The molecule has 1 amide bonds. The lowest BCUT2D eigenvalue weighted by Gasteiger charge is -2.38. The number of anilines is 1. The Kier molecular flexibility index (Phi) is 4.15. The normalized spacial score (nSPS) is 26.2. The smallest absolute Gasteiger partial charge is 0.227 e. The Labute approximate surface area is 126 Å². The van der Waals surface area contributed by atoms with Crippen LogP contribution in [0.5, 0.6) is 0 Å². The monoisotopic (exact) mass is 287 g/mol. The second-order valence-corrected chi connectivity index (χ2v) is 6.30. The number of nitrogens with zero attached hydrogens (tertiary/aromatic N) is 2. The maximum Gasteiger partial charge on any atom is 0.227 e. The molecule has 4 heteroatoms. The van der Waals surface area contributed by atoms with E-state index in [4.69, 9.17) is 5.73 Å². The lowest BCUT2D eigenvalue weighted by atomic mass is 10.0. The van der Waals surface area contributed by atoms with Crippen molar-refractivity contribution < 1.29 is 4.79 Å². The van der Waals surface area contributed by atoms with Crippen LogP contribution in [0.25, 0.3) is 0 Å². The molecule has 0 spiro atoms. The molecule has 2 fully saturated rings. The summed E-state index contributed by atoms with van der Waals surface area (Å²) < 4.78 is 0. The summed E-state index contributed by atoms with van der Waals surface area (Å²) in [5.74, 6) is 0.347. The summed E-state index contributed by atoms with van der Waals surface area (Å²) >= 11 is 0. The fourth-order valence-corrected chi connectivity index (χ4v) is 3.62. The fraction of sp³-hybridized carbons (Fsp3) is 0.588. The molecule has 1 heterocycles. The number of carbonyl (C=O) groups excluding carboxylic acids is 1. The van der Waals surface area contributed by atoms with Gasteiger partial charge in [0.1, 0.15) is 0 Å². The molecular weight excluding hydrogens is 262 g/mol. The Hall–Kier alpha value is -1.55. The first kappa shape index (κ1) is 14.4. The lowest BCUT2D eigenvalue weighted by molar-refractivity contribution is -0.136. The standard InChI is InChI=1S/C17H25N3O/c1-13-5-2-3-8-16(13)19-9-11-20(12-10-19)17(21)14-6-4-7-15(14)18/h2-3,5,8,14-15H,4,6-7,9-12,18H2,1H3. The summed E-state index contributed by atoms with van der Waals surface area (Å²) in [6.45, 7) is 5.61. The first-order valence-electron chi connectivity index (χ1n) is 8.02. The van der Waals surface area contributed by atoms with Crippen LogP contribution in [-0.2, 0) is 4.79 Å². The summed E-state index contributed by atoms with van der Waals surface area (Å²) in [7, 11) is 0. The zero-order valence-corrected chi connectivity index (χ0v) is 12.8. The highest BCUT2D eigenvalue weighted by Gasteiger charge is 2.34. The van der Waals surface area contributed by atoms with Gasteiger partial charge < -0.3 is 15.5 Å². The second-order valence-electron chi connectivity index (χ2n) is 6.30. The predicted octanol–water partition coefficient (Wildman–Crippen LogP) is 1.77. The molecule has 0 aromatic heterocycles. The van der Waals surface area contributed by atoms with Crippen molar-refractivity contribution >= 4 is 11.6 Å². The number of piperazine rings is 1. The summed E-state index contributed by atoms with van der Waals surface area (Å²) in [4.78, 5) is 16.9. The van der Waals surface area contributed by atoms with E-state index in [2.05, 4.69) is 36.1 Å². The summed E-state index contributed by atoms with van der Waals surface area (Å²) in [6.07, 6.45) is 3.07. The third-order valence-electron chi connectivity index (χ3n) is 4.93. The average molecular weight is 287 g/mol. The zero-order valence-electron chi connectivity index (χ0n) is 12.8. The second kappa shape index (κ2) is 6.06. The van der Waals surface area contributed by atoms with Crippen LogP contribution in [-0.4, -0.2) is 43.0 Å². The Morgan fingerprint density at radius 3 is 2.48 bits per heavy atom. The predicted molar refractivity (Wildman–Crippen MR) is 85.3 cm³/mol. The Bertz CT molecular complexity index is 509. The first-order valence-corrected chi connectivity index (χ1v) is 8.02. The Morgan fingerprint density at radius 1 is 1.14 bits per heavy atom. The average Bonchev–Trinajstić information content (AvgIpc) is 2.93. The third kappa shape index (κ3) is 2.91. The number of aryl methyl sites for hydroxylation is 1. The third-order valence-corrected chi connectivity index (χ3v) is 4.93. The van der Waals surface area contributed by atoms with E-state index < -0.39 is 0 Å². The minimum absolute atomic E-state index is 0.0648. The maximum absolute atomic E-state index is 12.5. The maximum atomic E-state index is 12.5. The number of hydrogen-bond donors (Lipinski definition) is 1. The molecular formula is C17H25N3O. The van der Waals surface area contributed by atoms with E-state index in [1.165, 1.54) is 11.3 Å². The van der Waals surface area contributed by atoms with Gasteiger partial charge in [-0.3, -0.25) is 4.79 Å². The first-order chi connectivity index (χ1) is 10.2. The van der Waals surface area contributed by atoms with Crippen molar-refractivity contribution in [2.45, 2.75) is 32.2 Å². The molecule has 21 heavy (non-hydrogen) atoms. The fourth-order valence-electron chi connectivity index (χ4n) is 3.62. The van der Waals surface area contributed by atoms with E-state index in [1.807, 2.05) is 4.90 Å². The van der Waals surface area contributed by atoms with Crippen molar-refractivity contribution in [1.82, 2.24) is 4.90 Å². The summed E-state index contributed by atoms with van der Waals surface area (Å²) in [5, 5.41) is 0. The molecule has 2 aliphatic rings. The van der Waals surface area contributed by atoms with Gasteiger partial charge in [0.05, 0.1) is 5.92 Å². The topological polar surface area (TPSA) is 49.6 Å². The van der Waals surface area contributed by atoms with Crippen molar-refractivity contribution in [3.05, 3.63) is 29.8 Å². The van der Waals surface area contributed by atoms with Crippen molar-refractivity contribution in [3.63, 3.8) is 0 Å². The molecule has 1 aliphatic heterocycles. The summed E-state index contributed by atoms with van der Waals surface area (Å²) in [5.41, 5.74) is 8.66. The molecule has 1 saturated heterocycles. The number of para-hydroxylation sites is 1. The highest BCUT2D eigenvalue weighted by molar-refractivity contribution is 5.80. The Morgan fingerprint density at radius 2 is 1.86 bits per heavy atom. The molecule has 1 aliphatic carbocycles. The van der Waals surface area contributed by atoms with Crippen LogP contribution in [0.2, 0.25) is 0 Å². The Balaban J connectivity index is 1.60. The van der Waals surface area contributed by atoms with Gasteiger partial charge in [-0.05, 0) is 31.4 Å². The number of nitrogens with two attached hydrogens (primary N) is 1. The molecule has 4 nitrogen and oxygen atoms in total. The van der Waals surface area contributed by atoms with Crippen molar-refractivity contribution in [1.29, 1.82) is 0 Å². The van der Waals surface area contributed by atoms with Crippen LogP contribution in [0.4, 0.5) is 5.69 Å². The van der Waals surface area contributed by atoms with Gasteiger partial charge in [0, 0.05) is 37.9 Å². The van der Waals surface area contributed by atoms with Gasteiger partial charge in [0.25, 0.3) is 0 Å². The van der Waals surface area contributed by atoms with Gasteiger partial charge in [0.2, 0.25) is 5.91 Å². The van der Waals surface area contributed by atoms with Crippen molar-refractivity contribution in [2.24, 2.45) is 11.7 Å². The molecule has 2 atom stereocenters. The van der Waals surface area contributed by atoms with E-state index in [1.54, 1.807) is 0 Å². The van der Waals surface area contributed by atoms with E-state index in [0.717, 1.165) is 45.4 Å². The number of rotatable bonds is 2. The lowest BCUT2D eigenvalue weighted by Crippen LogP contribution is -2.52. The molecule has 1 saturated carbocycles. The van der Waals surface area contributed by atoms with Crippen LogP contribution in [0.1, 0.15) is 24.8 Å². The van der Waals surface area contributed by atoms with Crippen LogP contribution in [0.3, 0.4) is 0 Å². The van der Waals surface area contributed by atoms with Crippen molar-refractivity contribution in [3.8, 4) is 0 Å². The molecule has 114 valence electrons. The van der Waals surface area contributed by atoms with Gasteiger partial charge in [-0.1, -0.05) is 24.6 Å². The quantitative estimate of drug-likeness (QED) is 0.902. The molecule has 2 N–H and O–H groups in total. The largest absolute Gasteiger partial charge is 0.368 e. The van der Waals surface area contributed by atoms with Crippen LogP contribution >= 0.6 is 0 Å². The van der Waals surface area contributed by atoms with Gasteiger partial charge in [-0.2, -0.15) is 0 Å². The van der Waals surface area contributed by atoms with E-state index in [0.29, 0.717) is 0 Å². The van der Waals surface area contributed by atoms with E-state index >= 15 is 0 Å². The molecule has 1 aromatic rings. The number of hydrogen-bond acceptors (Lipinski definition) is 3. The highest BCUT2D eigenvalue weighted by atomic mass is 16.2. The van der Waals surface area contributed by atoms with E-state index in [9.17, 15) is 4.79 Å². The molecule has 3 rings (SSSR count). The van der Waals surface area contributed by atoms with Gasteiger partial charge in [-0.25, -0.2) is 0 Å². The molecule has 0 radical (unpaired) electrons.